The molecular formula is C17H18F3N5O2S. The third-order valence-electron chi connectivity index (χ3n) is 3.58. The maximum absolute atomic E-state index is 12.5. The molecule has 1 heterocycles. The lowest BCUT2D eigenvalue weighted by atomic mass is 10.2. The molecule has 150 valence electrons. The maximum atomic E-state index is 12.5. The highest BCUT2D eigenvalue weighted by Crippen LogP contribution is 2.41. The summed E-state index contributed by atoms with van der Waals surface area (Å²) >= 11 is 4.63. The number of hydrogen-bond acceptors (Lipinski definition) is 5. The van der Waals surface area contributed by atoms with E-state index in [1.807, 2.05) is 4.90 Å². The minimum Gasteiger partial charge on any atom is -0.493 e. The van der Waals surface area contributed by atoms with Gasteiger partial charge >= 0.3 is 6.36 Å². The van der Waals surface area contributed by atoms with E-state index in [1.165, 1.54) is 10.6 Å². The van der Waals surface area contributed by atoms with Gasteiger partial charge in [0.1, 0.15) is 5.75 Å². The quantitative estimate of drug-likeness (QED) is 0.385. The van der Waals surface area contributed by atoms with Crippen LogP contribution in [0.1, 0.15) is 0 Å². The van der Waals surface area contributed by atoms with E-state index in [-0.39, 0.29) is 28.7 Å². The van der Waals surface area contributed by atoms with E-state index in [0.29, 0.717) is 18.6 Å². The number of benzene rings is 1. The Morgan fingerprint density at radius 3 is 2.50 bits per heavy atom. The highest BCUT2D eigenvalue weighted by atomic mass is 32.1. The number of thiocarbonyl (C=S) groups is 1. The number of nitrogens with two attached hydrogens (primary N) is 1. The van der Waals surface area contributed by atoms with Gasteiger partial charge in [0.25, 0.3) is 0 Å². The Kier molecular flexibility index (Phi) is 6.75. The Hall–Kier alpha value is -2.92. The number of hydrogen-bond donors (Lipinski definition) is 2. The lowest BCUT2D eigenvalue weighted by Gasteiger charge is -2.20. The summed E-state index contributed by atoms with van der Waals surface area (Å²) in [5, 5.41) is 17.8. The fraction of sp³-hybridized carbons (Fsp3) is 0.235. The third kappa shape index (κ3) is 5.30. The Bertz CT molecular complexity index is 914. The molecule has 2 rings (SSSR count). The van der Waals surface area contributed by atoms with Gasteiger partial charge in [-0.3, -0.25) is 9.47 Å². The summed E-state index contributed by atoms with van der Waals surface area (Å²) in [7, 11) is 0. The molecule has 11 heteroatoms. The van der Waals surface area contributed by atoms with E-state index in [1.54, 1.807) is 12.2 Å². The molecule has 28 heavy (non-hydrogen) atoms. The number of halogens is 3. The van der Waals surface area contributed by atoms with Crippen molar-refractivity contribution in [1.82, 2.24) is 9.47 Å². The number of alkyl halides is 3. The van der Waals surface area contributed by atoms with E-state index >= 15 is 0 Å². The molecule has 0 aliphatic carbocycles. The highest BCUT2D eigenvalue weighted by Gasteiger charge is 2.31. The van der Waals surface area contributed by atoms with Crippen LogP contribution in [0.5, 0.6) is 11.6 Å². The number of aromatic hydroxyl groups is 1. The molecule has 0 bridgehead atoms. The molecule has 0 atom stereocenters. The summed E-state index contributed by atoms with van der Waals surface area (Å²) < 4.78 is 43.0. The molecule has 7 nitrogen and oxygen atoms in total. The van der Waals surface area contributed by atoms with Crippen molar-refractivity contribution in [3.63, 3.8) is 0 Å². The Morgan fingerprint density at radius 1 is 1.32 bits per heavy atom. The second kappa shape index (κ2) is 8.85. The largest absolute Gasteiger partial charge is 0.573 e. The summed E-state index contributed by atoms with van der Waals surface area (Å²) in [6.45, 7) is 8.53. The molecule has 0 aliphatic heterocycles. The Morgan fingerprint density at radius 2 is 1.96 bits per heavy atom. The van der Waals surface area contributed by atoms with Crippen molar-refractivity contribution in [2.24, 2.45) is 16.0 Å². The van der Waals surface area contributed by atoms with Crippen LogP contribution in [0.25, 0.3) is 10.9 Å². The predicted molar refractivity (Wildman–Crippen MR) is 104 cm³/mol. The lowest BCUT2D eigenvalue weighted by molar-refractivity contribution is -0.274. The zero-order valence-electron chi connectivity index (χ0n) is 14.7. The summed E-state index contributed by atoms with van der Waals surface area (Å²) in [4.78, 5) is 1.88. The molecule has 1 aromatic heterocycles. The van der Waals surface area contributed by atoms with Crippen LogP contribution in [0.3, 0.4) is 0 Å². The molecule has 1 aromatic carbocycles. The number of ether oxygens (including phenoxy) is 1. The normalized spacial score (nSPS) is 12.0. The fourth-order valence-electron chi connectivity index (χ4n) is 2.60. The zero-order chi connectivity index (χ0) is 20.9. The Labute approximate surface area is 164 Å². The molecule has 2 aromatic rings. The first-order chi connectivity index (χ1) is 13.2. The van der Waals surface area contributed by atoms with Crippen LogP contribution in [0.15, 0.2) is 53.7 Å². The van der Waals surface area contributed by atoms with Gasteiger partial charge < -0.3 is 15.6 Å². The molecule has 0 fully saturated rings. The van der Waals surface area contributed by atoms with E-state index in [9.17, 15) is 18.3 Å². The topological polar surface area (TPSA) is 88.4 Å². The van der Waals surface area contributed by atoms with Crippen LogP contribution in [-0.2, 0) is 6.67 Å². The number of fused-ring (bicyclic) bond motifs is 1. The van der Waals surface area contributed by atoms with Crippen LogP contribution in [0.2, 0.25) is 0 Å². The molecule has 0 spiro atoms. The third-order valence-corrected chi connectivity index (χ3v) is 3.66. The van der Waals surface area contributed by atoms with Crippen molar-refractivity contribution < 1.29 is 23.0 Å². The summed E-state index contributed by atoms with van der Waals surface area (Å²) in [5.74, 6) is -0.768. The average molecular weight is 413 g/mol. The molecule has 3 N–H and O–H groups in total. The number of rotatable bonds is 8. The first-order valence-electron chi connectivity index (χ1n) is 7.92. The molecule has 0 radical (unpaired) electrons. The maximum Gasteiger partial charge on any atom is 0.573 e. The predicted octanol–water partition coefficient (Wildman–Crippen LogP) is 4.20. The monoisotopic (exact) mass is 413 g/mol. The van der Waals surface area contributed by atoms with Gasteiger partial charge in [-0.15, -0.1) is 36.6 Å². The standard InChI is InChI=1S/C17H18F3N5O2S/c1-3-7-24(8-4-2)10-25-13-6-5-11(27-17(18,19)20)9-12(13)14(15(25)26)22-23-16(21)28/h3-6,9,26H,1-2,7-8,10H2,(H2,21,28). The molecule has 0 aliphatic rings. The van der Waals surface area contributed by atoms with Crippen molar-refractivity contribution >= 4 is 33.9 Å². The molecule has 0 unspecified atom stereocenters. The summed E-state index contributed by atoms with van der Waals surface area (Å²) in [6, 6.07) is 3.64. The summed E-state index contributed by atoms with van der Waals surface area (Å²) in [6.07, 6.45) is -1.51. The van der Waals surface area contributed by atoms with Crippen molar-refractivity contribution in [2.75, 3.05) is 13.1 Å². The van der Waals surface area contributed by atoms with Crippen LogP contribution >= 0.6 is 12.2 Å². The summed E-state index contributed by atoms with van der Waals surface area (Å²) in [5.41, 5.74) is 5.64. The van der Waals surface area contributed by atoms with Gasteiger partial charge in [0, 0.05) is 18.5 Å². The second-order valence-electron chi connectivity index (χ2n) is 5.62. The minimum absolute atomic E-state index is 0.0763. The van der Waals surface area contributed by atoms with Gasteiger partial charge in [0.05, 0.1) is 12.2 Å². The van der Waals surface area contributed by atoms with Gasteiger partial charge in [-0.1, -0.05) is 12.2 Å². The van der Waals surface area contributed by atoms with Crippen molar-refractivity contribution in [3.8, 4) is 11.6 Å². The van der Waals surface area contributed by atoms with Gasteiger partial charge in [0.2, 0.25) is 11.0 Å². The van der Waals surface area contributed by atoms with Crippen LogP contribution in [0.4, 0.5) is 18.9 Å². The molecule has 0 amide bonds. The van der Waals surface area contributed by atoms with Gasteiger partial charge in [0.15, 0.2) is 5.69 Å². The highest BCUT2D eigenvalue weighted by molar-refractivity contribution is 7.80. The van der Waals surface area contributed by atoms with E-state index < -0.39 is 12.1 Å². The fourth-order valence-corrected chi connectivity index (χ4v) is 2.64. The van der Waals surface area contributed by atoms with Gasteiger partial charge in [-0.25, -0.2) is 0 Å². The number of nitrogens with zero attached hydrogens (tertiary/aromatic N) is 4. The second-order valence-corrected chi connectivity index (χ2v) is 6.04. The van der Waals surface area contributed by atoms with Gasteiger partial charge in [-0.2, -0.15) is 0 Å². The number of azo groups is 1. The molecule has 0 saturated heterocycles. The minimum atomic E-state index is -4.86. The number of aromatic nitrogens is 1. The van der Waals surface area contributed by atoms with Crippen LogP contribution in [0, 0.1) is 0 Å². The van der Waals surface area contributed by atoms with Crippen molar-refractivity contribution in [1.29, 1.82) is 0 Å². The van der Waals surface area contributed by atoms with Crippen LogP contribution < -0.4 is 10.5 Å². The molecule has 0 saturated carbocycles. The van der Waals surface area contributed by atoms with E-state index in [2.05, 4.69) is 40.3 Å². The van der Waals surface area contributed by atoms with Crippen molar-refractivity contribution in [2.45, 2.75) is 13.0 Å². The SMILES string of the molecule is C=CCN(CC=C)Cn1c(O)c(N=NC(N)=S)c2cc(OC(F)(F)F)ccc21. The van der Waals surface area contributed by atoms with Gasteiger partial charge in [-0.05, 0) is 30.4 Å². The zero-order valence-corrected chi connectivity index (χ0v) is 15.5. The van der Waals surface area contributed by atoms with Crippen LogP contribution in [-0.4, -0.2) is 39.1 Å². The van der Waals surface area contributed by atoms with E-state index in [4.69, 9.17) is 5.73 Å². The Balaban J connectivity index is 2.60. The first kappa shape index (κ1) is 21.4. The smallest absolute Gasteiger partial charge is 0.493 e. The first-order valence-corrected chi connectivity index (χ1v) is 8.33. The average Bonchev–Trinajstić information content (AvgIpc) is 2.83. The van der Waals surface area contributed by atoms with Crippen molar-refractivity contribution in [3.05, 3.63) is 43.5 Å². The van der Waals surface area contributed by atoms with E-state index in [0.717, 1.165) is 12.1 Å². The molecular weight excluding hydrogens is 395 g/mol. The lowest BCUT2D eigenvalue weighted by Crippen LogP contribution is -2.26.